The van der Waals surface area contributed by atoms with Crippen LogP contribution in [0.2, 0.25) is 0 Å². The molecule has 1 aliphatic rings. The van der Waals surface area contributed by atoms with Crippen molar-refractivity contribution in [2.24, 2.45) is 0 Å². The first-order valence-electron chi connectivity index (χ1n) is 10.0. The van der Waals surface area contributed by atoms with Gasteiger partial charge in [-0.25, -0.2) is 0 Å². The van der Waals surface area contributed by atoms with Crippen LogP contribution in [0.1, 0.15) is 57.3 Å². The lowest BCUT2D eigenvalue weighted by atomic mass is 10.1. The third-order valence-electron chi connectivity index (χ3n) is 4.89. The number of nitrogens with zero attached hydrogens (tertiary/aromatic N) is 2. The number of carbonyl (C=O) groups excluding carboxylic acids is 3. The van der Waals surface area contributed by atoms with Gasteiger partial charge in [-0.05, 0) is 64.3 Å². The molecule has 0 radical (unpaired) electrons. The van der Waals surface area contributed by atoms with E-state index in [4.69, 9.17) is 9.47 Å². The van der Waals surface area contributed by atoms with E-state index in [1.807, 2.05) is 4.90 Å². The number of methoxy groups -OCH3 is 1. The highest BCUT2D eigenvalue weighted by atomic mass is 16.6. The SMILES string of the molecule is COc1ccc(C(=O)N2CCCC(N(CC(=O)OC(C)(C)C)C(C)=O)CC2)cc1. The van der Waals surface area contributed by atoms with Gasteiger partial charge in [-0.15, -0.1) is 0 Å². The Morgan fingerprint density at radius 2 is 1.76 bits per heavy atom. The van der Waals surface area contributed by atoms with E-state index in [-0.39, 0.29) is 24.4 Å². The van der Waals surface area contributed by atoms with E-state index in [0.717, 1.165) is 12.8 Å². The molecule has 2 rings (SSSR count). The van der Waals surface area contributed by atoms with Crippen LogP contribution in [0, 0.1) is 0 Å². The topological polar surface area (TPSA) is 76.2 Å². The molecule has 29 heavy (non-hydrogen) atoms. The number of amides is 2. The minimum atomic E-state index is -0.593. The fourth-order valence-electron chi connectivity index (χ4n) is 3.52. The molecule has 0 aromatic heterocycles. The third-order valence-corrected chi connectivity index (χ3v) is 4.89. The van der Waals surface area contributed by atoms with E-state index in [0.29, 0.717) is 30.8 Å². The van der Waals surface area contributed by atoms with Crippen LogP contribution in [0.5, 0.6) is 5.75 Å². The Hall–Kier alpha value is -2.57. The summed E-state index contributed by atoms with van der Waals surface area (Å²) in [5.41, 5.74) is 0.0198. The van der Waals surface area contributed by atoms with Gasteiger partial charge in [-0.1, -0.05) is 0 Å². The number of hydrogen-bond donors (Lipinski definition) is 0. The summed E-state index contributed by atoms with van der Waals surface area (Å²) < 4.78 is 10.5. The minimum Gasteiger partial charge on any atom is -0.497 e. The average Bonchev–Trinajstić information content (AvgIpc) is 2.90. The predicted octanol–water partition coefficient (Wildman–Crippen LogP) is 2.88. The summed E-state index contributed by atoms with van der Waals surface area (Å²) in [4.78, 5) is 40.6. The van der Waals surface area contributed by atoms with E-state index in [1.165, 1.54) is 6.92 Å². The largest absolute Gasteiger partial charge is 0.497 e. The molecule has 1 fully saturated rings. The molecule has 160 valence electrons. The first kappa shape index (κ1) is 22.7. The van der Waals surface area contributed by atoms with Gasteiger partial charge in [0.2, 0.25) is 5.91 Å². The molecule has 1 saturated heterocycles. The minimum absolute atomic E-state index is 0.0326. The summed E-state index contributed by atoms with van der Waals surface area (Å²) in [6, 6.07) is 6.97. The van der Waals surface area contributed by atoms with Crippen LogP contribution in [0.3, 0.4) is 0 Å². The molecule has 2 amide bonds. The number of benzene rings is 1. The smallest absolute Gasteiger partial charge is 0.326 e. The zero-order chi connectivity index (χ0) is 21.6. The summed E-state index contributed by atoms with van der Waals surface area (Å²) in [5, 5.41) is 0. The number of likely N-dealkylation sites (tertiary alicyclic amines) is 1. The molecular formula is C22H32N2O5. The number of rotatable bonds is 5. The lowest BCUT2D eigenvalue weighted by Crippen LogP contribution is -2.44. The monoisotopic (exact) mass is 404 g/mol. The summed E-state index contributed by atoms with van der Waals surface area (Å²) in [6.45, 7) is 7.97. The van der Waals surface area contributed by atoms with E-state index in [1.54, 1.807) is 57.0 Å². The van der Waals surface area contributed by atoms with Crippen molar-refractivity contribution >= 4 is 17.8 Å². The van der Waals surface area contributed by atoms with Crippen LogP contribution in [0.15, 0.2) is 24.3 Å². The lowest BCUT2D eigenvalue weighted by molar-refractivity contribution is -0.159. The van der Waals surface area contributed by atoms with Gasteiger partial charge in [0.1, 0.15) is 17.9 Å². The Labute approximate surface area is 172 Å². The van der Waals surface area contributed by atoms with Gasteiger partial charge in [0.05, 0.1) is 7.11 Å². The predicted molar refractivity (Wildman–Crippen MR) is 110 cm³/mol. The molecule has 1 heterocycles. The molecule has 1 aromatic carbocycles. The van der Waals surface area contributed by atoms with Crippen LogP contribution in [-0.4, -0.2) is 66.0 Å². The van der Waals surface area contributed by atoms with Crippen molar-refractivity contribution in [3.05, 3.63) is 29.8 Å². The zero-order valence-corrected chi connectivity index (χ0v) is 18.1. The van der Waals surface area contributed by atoms with Gasteiger partial charge < -0.3 is 19.3 Å². The highest BCUT2D eigenvalue weighted by molar-refractivity contribution is 5.94. The van der Waals surface area contributed by atoms with Gasteiger partial charge in [0.25, 0.3) is 5.91 Å². The van der Waals surface area contributed by atoms with Gasteiger partial charge >= 0.3 is 5.97 Å². The van der Waals surface area contributed by atoms with Crippen LogP contribution in [0.25, 0.3) is 0 Å². The molecular weight excluding hydrogens is 372 g/mol. The normalized spacial score (nSPS) is 17.3. The van der Waals surface area contributed by atoms with Gasteiger partial charge in [0, 0.05) is 31.6 Å². The lowest BCUT2D eigenvalue weighted by Gasteiger charge is -2.31. The molecule has 1 aromatic rings. The summed E-state index contributed by atoms with van der Waals surface area (Å²) in [6.07, 6.45) is 2.14. The standard InChI is InChI=1S/C22H32N2O5/c1-16(25)24(15-20(26)29-22(2,3)4)18-7-6-13-23(14-12-18)21(27)17-8-10-19(28-5)11-9-17/h8-11,18H,6-7,12-15H2,1-5H3. The molecule has 0 saturated carbocycles. The zero-order valence-electron chi connectivity index (χ0n) is 18.1. The molecule has 0 spiro atoms. The fourth-order valence-corrected chi connectivity index (χ4v) is 3.52. The Balaban J connectivity index is 2.01. The van der Waals surface area contributed by atoms with Gasteiger partial charge in [-0.3, -0.25) is 14.4 Å². The van der Waals surface area contributed by atoms with Crippen molar-refractivity contribution in [1.29, 1.82) is 0 Å². The van der Waals surface area contributed by atoms with Crippen LogP contribution in [0.4, 0.5) is 0 Å². The quantitative estimate of drug-likeness (QED) is 0.706. The molecule has 1 aliphatic heterocycles. The fraction of sp³-hybridized carbons (Fsp3) is 0.591. The van der Waals surface area contributed by atoms with E-state index >= 15 is 0 Å². The first-order valence-corrected chi connectivity index (χ1v) is 10.0. The Bertz CT molecular complexity index is 724. The van der Waals surface area contributed by atoms with Crippen molar-refractivity contribution in [3.63, 3.8) is 0 Å². The number of carbonyl (C=O) groups is 3. The van der Waals surface area contributed by atoms with Crippen molar-refractivity contribution in [3.8, 4) is 5.75 Å². The molecule has 7 heteroatoms. The second-order valence-corrected chi connectivity index (χ2v) is 8.34. The maximum atomic E-state index is 12.8. The second kappa shape index (κ2) is 9.76. The Morgan fingerprint density at radius 1 is 1.10 bits per heavy atom. The highest BCUT2D eigenvalue weighted by Gasteiger charge is 2.29. The second-order valence-electron chi connectivity index (χ2n) is 8.34. The number of hydrogen-bond acceptors (Lipinski definition) is 5. The van der Waals surface area contributed by atoms with E-state index in [9.17, 15) is 14.4 Å². The van der Waals surface area contributed by atoms with Crippen LogP contribution < -0.4 is 4.74 Å². The van der Waals surface area contributed by atoms with Crippen LogP contribution in [-0.2, 0) is 14.3 Å². The average molecular weight is 405 g/mol. The third kappa shape index (κ3) is 6.76. The highest BCUT2D eigenvalue weighted by Crippen LogP contribution is 2.20. The summed E-state index contributed by atoms with van der Waals surface area (Å²) >= 11 is 0. The van der Waals surface area contributed by atoms with Crippen molar-refractivity contribution in [2.75, 3.05) is 26.7 Å². The van der Waals surface area contributed by atoms with E-state index in [2.05, 4.69) is 0 Å². The summed E-state index contributed by atoms with van der Waals surface area (Å²) in [5.74, 6) is 0.102. The number of ether oxygens (including phenoxy) is 2. The molecule has 0 bridgehead atoms. The Kier molecular flexibility index (Phi) is 7.65. The molecule has 1 unspecified atom stereocenters. The van der Waals surface area contributed by atoms with Crippen molar-refractivity contribution in [2.45, 2.75) is 58.6 Å². The Morgan fingerprint density at radius 3 is 2.31 bits per heavy atom. The first-order chi connectivity index (χ1) is 13.6. The van der Waals surface area contributed by atoms with E-state index < -0.39 is 11.6 Å². The van der Waals surface area contributed by atoms with Gasteiger partial charge in [0.15, 0.2) is 0 Å². The maximum Gasteiger partial charge on any atom is 0.326 e. The summed E-state index contributed by atoms with van der Waals surface area (Å²) in [7, 11) is 1.59. The molecule has 0 aliphatic carbocycles. The van der Waals surface area contributed by atoms with Crippen molar-refractivity contribution < 1.29 is 23.9 Å². The number of esters is 1. The van der Waals surface area contributed by atoms with Gasteiger partial charge in [-0.2, -0.15) is 0 Å². The molecule has 7 nitrogen and oxygen atoms in total. The molecule has 1 atom stereocenters. The van der Waals surface area contributed by atoms with Crippen LogP contribution >= 0.6 is 0 Å². The molecule has 0 N–H and O–H groups in total. The van der Waals surface area contributed by atoms with Crippen molar-refractivity contribution in [1.82, 2.24) is 9.80 Å². The maximum absolute atomic E-state index is 12.8.